The Labute approximate surface area is 123 Å². The summed E-state index contributed by atoms with van der Waals surface area (Å²) >= 11 is 0. The minimum atomic E-state index is -0.259. The van der Waals surface area contributed by atoms with E-state index in [-0.39, 0.29) is 12.1 Å². The zero-order chi connectivity index (χ0) is 14.2. The summed E-state index contributed by atoms with van der Waals surface area (Å²) in [4.78, 5) is 12.2. The van der Waals surface area contributed by atoms with Crippen molar-refractivity contribution in [1.29, 1.82) is 0 Å². The fourth-order valence-corrected chi connectivity index (χ4v) is 3.07. The van der Waals surface area contributed by atoms with Crippen molar-refractivity contribution in [3.8, 4) is 0 Å². The molecule has 1 atom stereocenters. The lowest BCUT2D eigenvalue weighted by Crippen LogP contribution is -2.10. The minimum absolute atomic E-state index is 0.182. The van der Waals surface area contributed by atoms with Gasteiger partial charge in [0.15, 0.2) is 0 Å². The van der Waals surface area contributed by atoms with Crippen LogP contribution in [0.25, 0.3) is 10.8 Å². The van der Waals surface area contributed by atoms with Crippen LogP contribution in [0.2, 0.25) is 0 Å². The van der Waals surface area contributed by atoms with E-state index in [1.807, 2.05) is 24.3 Å². The van der Waals surface area contributed by atoms with Crippen LogP contribution in [0.4, 0.5) is 0 Å². The van der Waals surface area contributed by atoms with Gasteiger partial charge in [-0.2, -0.15) is 0 Å². The predicted molar refractivity (Wildman–Crippen MR) is 82.3 cm³/mol. The van der Waals surface area contributed by atoms with Gasteiger partial charge in [0.05, 0.1) is 5.56 Å². The zero-order valence-electron chi connectivity index (χ0n) is 11.5. The molecule has 0 spiro atoms. The molecule has 4 rings (SSSR count). The van der Waals surface area contributed by atoms with Gasteiger partial charge >= 0.3 is 5.97 Å². The second-order valence-electron chi connectivity index (χ2n) is 5.33. The summed E-state index contributed by atoms with van der Waals surface area (Å²) in [6.45, 7) is 0. The van der Waals surface area contributed by atoms with E-state index in [0.29, 0.717) is 5.56 Å². The van der Waals surface area contributed by atoms with Crippen LogP contribution in [0, 0.1) is 0 Å². The van der Waals surface area contributed by atoms with Crippen LogP contribution >= 0.6 is 0 Å². The summed E-state index contributed by atoms with van der Waals surface area (Å²) in [7, 11) is 0. The lowest BCUT2D eigenvalue weighted by Gasteiger charge is -2.13. The molecule has 1 aliphatic rings. The molecule has 0 saturated carbocycles. The monoisotopic (exact) mass is 274 g/mol. The number of rotatable bonds is 2. The summed E-state index contributed by atoms with van der Waals surface area (Å²) in [5.41, 5.74) is 2.97. The predicted octanol–water partition coefficient (Wildman–Crippen LogP) is 4.29. The van der Waals surface area contributed by atoms with Gasteiger partial charge in [0.1, 0.15) is 6.10 Å². The quantitative estimate of drug-likeness (QED) is 0.651. The van der Waals surface area contributed by atoms with E-state index in [9.17, 15) is 4.79 Å². The molecule has 0 fully saturated rings. The molecule has 3 aromatic rings. The molecule has 0 radical (unpaired) electrons. The van der Waals surface area contributed by atoms with E-state index in [4.69, 9.17) is 4.74 Å². The topological polar surface area (TPSA) is 26.3 Å². The normalized spacial score (nSPS) is 16.1. The number of carbonyl (C=O) groups is 1. The largest absolute Gasteiger partial charge is 0.454 e. The summed E-state index contributed by atoms with van der Waals surface area (Å²) in [5.74, 6) is -0.259. The molecule has 2 nitrogen and oxygen atoms in total. The fourth-order valence-electron chi connectivity index (χ4n) is 3.07. The van der Waals surface area contributed by atoms with Crippen LogP contribution in [0.3, 0.4) is 0 Å². The maximum absolute atomic E-state index is 12.2. The highest BCUT2D eigenvalue weighted by Gasteiger charge is 2.27. The molecule has 2 heteroatoms. The molecule has 21 heavy (non-hydrogen) atoms. The molecule has 102 valence electrons. The molecule has 0 saturated heterocycles. The lowest BCUT2D eigenvalue weighted by atomic mass is 10.1. The van der Waals surface area contributed by atoms with E-state index in [2.05, 4.69) is 30.3 Å². The Hall–Kier alpha value is -2.61. The van der Waals surface area contributed by atoms with Crippen LogP contribution in [0.15, 0.2) is 66.7 Å². The molecule has 0 aromatic heterocycles. The van der Waals surface area contributed by atoms with Crippen LogP contribution in [0.5, 0.6) is 0 Å². The molecule has 1 aliphatic carbocycles. The zero-order valence-corrected chi connectivity index (χ0v) is 11.5. The number of carbonyl (C=O) groups excluding carboxylic acids is 1. The van der Waals surface area contributed by atoms with Crippen LogP contribution in [-0.4, -0.2) is 5.97 Å². The lowest BCUT2D eigenvalue weighted by molar-refractivity contribution is 0.0311. The third-order valence-electron chi connectivity index (χ3n) is 4.03. The van der Waals surface area contributed by atoms with Crippen molar-refractivity contribution in [2.45, 2.75) is 12.5 Å². The molecule has 0 N–H and O–H groups in total. The standard InChI is InChI=1S/C19H14O2/c20-19(14-6-2-1-3-7-14)21-17-12-15-10-4-8-13-9-5-11-16(17)18(13)15/h1-11,17H,12H2. The second kappa shape index (κ2) is 4.74. The SMILES string of the molecule is O=C(OC1Cc2cccc3cccc1c23)c1ccccc1. The van der Waals surface area contributed by atoms with Crippen molar-refractivity contribution in [2.24, 2.45) is 0 Å². The van der Waals surface area contributed by atoms with E-state index >= 15 is 0 Å². The van der Waals surface area contributed by atoms with Crippen LogP contribution in [0.1, 0.15) is 27.6 Å². The first-order valence-corrected chi connectivity index (χ1v) is 7.09. The Balaban J connectivity index is 1.68. The van der Waals surface area contributed by atoms with Gasteiger partial charge in [-0.15, -0.1) is 0 Å². The average Bonchev–Trinajstić information content (AvgIpc) is 2.89. The molecule has 3 aromatic carbocycles. The van der Waals surface area contributed by atoms with Gasteiger partial charge in [-0.3, -0.25) is 0 Å². The van der Waals surface area contributed by atoms with E-state index in [1.54, 1.807) is 12.1 Å². The Morgan fingerprint density at radius 2 is 1.67 bits per heavy atom. The Bertz CT molecular complexity index is 816. The van der Waals surface area contributed by atoms with Gasteiger partial charge in [-0.1, -0.05) is 54.6 Å². The highest BCUT2D eigenvalue weighted by atomic mass is 16.5. The van der Waals surface area contributed by atoms with Gasteiger partial charge in [0.25, 0.3) is 0 Å². The van der Waals surface area contributed by atoms with Crippen molar-refractivity contribution < 1.29 is 9.53 Å². The molecule has 0 amide bonds. The van der Waals surface area contributed by atoms with Crippen LogP contribution < -0.4 is 0 Å². The number of ether oxygens (including phenoxy) is 1. The summed E-state index contributed by atoms with van der Waals surface area (Å²) in [6.07, 6.45) is 0.578. The molecule has 0 bridgehead atoms. The van der Waals surface area contributed by atoms with E-state index < -0.39 is 0 Å². The molecular weight excluding hydrogens is 260 g/mol. The summed E-state index contributed by atoms with van der Waals surface area (Å²) < 4.78 is 5.73. The first kappa shape index (κ1) is 12.2. The van der Waals surface area contributed by atoms with Crippen molar-refractivity contribution in [2.75, 3.05) is 0 Å². The molecule has 1 unspecified atom stereocenters. The molecule has 0 aliphatic heterocycles. The highest BCUT2D eigenvalue weighted by Crippen LogP contribution is 2.39. The number of hydrogen-bond acceptors (Lipinski definition) is 2. The van der Waals surface area contributed by atoms with Gasteiger partial charge in [0, 0.05) is 12.0 Å². The highest BCUT2D eigenvalue weighted by molar-refractivity contribution is 5.93. The van der Waals surface area contributed by atoms with Gasteiger partial charge in [0.2, 0.25) is 0 Å². The smallest absolute Gasteiger partial charge is 0.338 e. The van der Waals surface area contributed by atoms with Crippen molar-refractivity contribution in [3.05, 3.63) is 83.4 Å². The summed E-state index contributed by atoms with van der Waals surface area (Å²) in [6, 6.07) is 21.6. The number of esters is 1. The van der Waals surface area contributed by atoms with Gasteiger partial charge in [-0.05, 0) is 28.5 Å². The van der Waals surface area contributed by atoms with Gasteiger partial charge in [-0.25, -0.2) is 4.79 Å². The fraction of sp³-hybridized carbons (Fsp3) is 0.105. The average molecular weight is 274 g/mol. The Morgan fingerprint density at radius 3 is 2.48 bits per heavy atom. The first-order valence-electron chi connectivity index (χ1n) is 7.09. The molecule has 0 heterocycles. The van der Waals surface area contributed by atoms with E-state index in [0.717, 1.165) is 12.0 Å². The van der Waals surface area contributed by atoms with Gasteiger partial charge < -0.3 is 4.74 Å². The van der Waals surface area contributed by atoms with Crippen LogP contribution in [-0.2, 0) is 11.2 Å². The Morgan fingerprint density at radius 1 is 0.905 bits per heavy atom. The third kappa shape index (κ3) is 2.00. The van der Waals surface area contributed by atoms with Crippen molar-refractivity contribution in [3.63, 3.8) is 0 Å². The number of benzene rings is 3. The number of hydrogen-bond donors (Lipinski definition) is 0. The third-order valence-corrected chi connectivity index (χ3v) is 4.03. The Kier molecular flexibility index (Phi) is 2.74. The van der Waals surface area contributed by atoms with Crippen molar-refractivity contribution >= 4 is 16.7 Å². The van der Waals surface area contributed by atoms with Crippen molar-refractivity contribution in [1.82, 2.24) is 0 Å². The minimum Gasteiger partial charge on any atom is -0.454 e. The summed E-state index contributed by atoms with van der Waals surface area (Å²) in [5, 5.41) is 2.45. The second-order valence-corrected chi connectivity index (χ2v) is 5.33. The molecular formula is C19H14O2. The van der Waals surface area contributed by atoms with E-state index in [1.165, 1.54) is 16.3 Å². The maximum Gasteiger partial charge on any atom is 0.338 e. The first-order chi connectivity index (χ1) is 10.3. The maximum atomic E-state index is 12.2.